The number of pyridine rings is 1. The van der Waals surface area contributed by atoms with E-state index in [2.05, 4.69) is 19.9 Å². The Bertz CT molecular complexity index is 1240. The summed E-state index contributed by atoms with van der Waals surface area (Å²) in [6, 6.07) is 13.1. The standard InChI is InChI=1S/C25H22ClN5O2/c26-20-8-6-17(7-9-20)11-21-14-29-24(33-21)18-3-2-10-31(15-18)25(32)23-5-1-4-22(30-23)19-12-27-16-28-13-19/h1,4-9,12-14,16,18H,2-3,10-11,15H2/t18-/m0/s1. The molecular formula is C25H22ClN5O2. The van der Waals surface area contributed by atoms with Gasteiger partial charge in [0.2, 0.25) is 0 Å². The van der Waals surface area contributed by atoms with Crippen molar-refractivity contribution in [1.29, 1.82) is 0 Å². The van der Waals surface area contributed by atoms with E-state index in [0.29, 0.717) is 41.8 Å². The number of piperidine rings is 1. The second-order valence-corrected chi connectivity index (χ2v) is 8.53. The van der Waals surface area contributed by atoms with Gasteiger partial charge in [-0.1, -0.05) is 29.8 Å². The lowest BCUT2D eigenvalue weighted by atomic mass is 9.97. The fraction of sp³-hybridized carbons (Fsp3) is 0.240. The van der Waals surface area contributed by atoms with Gasteiger partial charge in [0.15, 0.2) is 5.89 Å². The topological polar surface area (TPSA) is 85.0 Å². The molecule has 33 heavy (non-hydrogen) atoms. The number of aromatic nitrogens is 4. The van der Waals surface area contributed by atoms with Crippen molar-refractivity contribution in [1.82, 2.24) is 24.8 Å². The lowest BCUT2D eigenvalue weighted by Crippen LogP contribution is -2.39. The van der Waals surface area contributed by atoms with E-state index in [1.807, 2.05) is 41.3 Å². The molecule has 1 fully saturated rings. The second kappa shape index (κ2) is 9.50. The zero-order chi connectivity index (χ0) is 22.6. The normalized spacial score (nSPS) is 16.0. The number of rotatable bonds is 5. The molecule has 4 aromatic rings. The Balaban J connectivity index is 1.28. The van der Waals surface area contributed by atoms with Gasteiger partial charge in [0, 0.05) is 42.5 Å². The highest BCUT2D eigenvalue weighted by atomic mass is 35.5. The lowest BCUT2D eigenvalue weighted by molar-refractivity contribution is 0.0692. The molecule has 8 heteroatoms. The third-order valence-corrected chi connectivity index (χ3v) is 6.00. The maximum absolute atomic E-state index is 13.2. The zero-order valence-electron chi connectivity index (χ0n) is 17.9. The quantitative estimate of drug-likeness (QED) is 0.426. The second-order valence-electron chi connectivity index (χ2n) is 8.09. The minimum absolute atomic E-state index is 0.0624. The van der Waals surface area contributed by atoms with Crippen LogP contribution in [0.5, 0.6) is 0 Å². The summed E-state index contributed by atoms with van der Waals surface area (Å²) in [6.45, 7) is 1.24. The van der Waals surface area contributed by atoms with Crippen LogP contribution in [0, 0.1) is 0 Å². The number of nitrogens with zero attached hydrogens (tertiary/aromatic N) is 5. The van der Waals surface area contributed by atoms with Gasteiger partial charge in [-0.05, 0) is 42.7 Å². The first-order valence-electron chi connectivity index (χ1n) is 10.9. The van der Waals surface area contributed by atoms with Gasteiger partial charge in [-0.15, -0.1) is 0 Å². The van der Waals surface area contributed by atoms with Crippen molar-refractivity contribution in [2.45, 2.75) is 25.2 Å². The number of likely N-dealkylation sites (tertiary alicyclic amines) is 1. The summed E-state index contributed by atoms with van der Waals surface area (Å²) in [5, 5.41) is 0.709. The van der Waals surface area contributed by atoms with Crippen molar-refractivity contribution in [3.63, 3.8) is 0 Å². The Hall–Kier alpha value is -3.58. The van der Waals surface area contributed by atoms with Gasteiger partial charge in [0.05, 0.1) is 17.8 Å². The highest BCUT2D eigenvalue weighted by Crippen LogP contribution is 2.28. The molecule has 1 amide bonds. The lowest BCUT2D eigenvalue weighted by Gasteiger charge is -2.31. The highest BCUT2D eigenvalue weighted by molar-refractivity contribution is 6.30. The molecule has 0 saturated carbocycles. The number of oxazole rings is 1. The van der Waals surface area contributed by atoms with Gasteiger partial charge in [-0.2, -0.15) is 0 Å². The summed E-state index contributed by atoms with van der Waals surface area (Å²) in [5.74, 6) is 1.45. The monoisotopic (exact) mass is 459 g/mol. The average molecular weight is 460 g/mol. The van der Waals surface area contributed by atoms with E-state index in [1.165, 1.54) is 6.33 Å². The predicted molar refractivity (Wildman–Crippen MR) is 124 cm³/mol. The molecule has 0 bridgehead atoms. The molecule has 4 heterocycles. The van der Waals surface area contributed by atoms with E-state index in [0.717, 1.165) is 29.7 Å². The van der Waals surface area contributed by atoms with Crippen molar-refractivity contribution in [2.75, 3.05) is 13.1 Å². The van der Waals surface area contributed by atoms with Crippen molar-refractivity contribution in [3.05, 3.63) is 95.3 Å². The molecule has 3 aromatic heterocycles. The van der Waals surface area contributed by atoms with Crippen molar-refractivity contribution < 1.29 is 9.21 Å². The maximum atomic E-state index is 13.2. The Morgan fingerprint density at radius 1 is 1.09 bits per heavy atom. The first-order chi connectivity index (χ1) is 16.2. The van der Waals surface area contributed by atoms with E-state index >= 15 is 0 Å². The third-order valence-electron chi connectivity index (χ3n) is 5.75. The fourth-order valence-corrected chi connectivity index (χ4v) is 4.19. The van der Waals surface area contributed by atoms with Crippen LogP contribution in [0.1, 0.15) is 46.5 Å². The largest absolute Gasteiger partial charge is 0.445 e. The van der Waals surface area contributed by atoms with Crippen molar-refractivity contribution >= 4 is 17.5 Å². The van der Waals surface area contributed by atoms with Crippen molar-refractivity contribution in [3.8, 4) is 11.3 Å². The molecule has 0 spiro atoms. The molecule has 0 aliphatic carbocycles. The number of hydrogen-bond donors (Lipinski definition) is 0. The van der Waals surface area contributed by atoms with Gasteiger partial charge < -0.3 is 9.32 Å². The van der Waals surface area contributed by atoms with Crippen LogP contribution in [0.25, 0.3) is 11.3 Å². The SMILES string of the molecule is O=C(c1cccc(-c2cncnc2)n1)N1CCC[C@H](c2ncc(Cc3ccc(Cl)cc3)o2)C1. The Kier molecular flexibility index (Phi) is 6.13. The highest BCUT2D eigenvalue weighted by Gasteiger charge is 2.29. The molecule has 1 aromatic carbocycles. The van der Waals surface area contributed by atoms with E-state index in [9.17, 15) is 4.79 Å². The Morgan fingerprint density at radius 3 is 2.73 bits per heavy atom. The van der Waals surface area contributed by atoms with E-state index < -0.39 is 0 Å². The molecule has 7 nitrogen and oxygen atoms in total. The molecule has 166 valence electrons. The summed E-state index contributed by atoms with van der Waals surface area (Å²) in [4.78, 5) is 32.2. The summed E-state index contributed by atoms with van der Waals surface area (Å²) in [6.07, 6.45) is 9.08. The summed E-state index contributed by atoms with van der Waals surface area (Å²) >= 11 is 5.97. The molecular weight excluding hydrogens is 438 g/mol. The Morgan fingerprint density at radius 2 is 1.91 bits per heavy atom. The first kappa shape index (κ1) is 21.3. The van der Waals surface area contributed by atoms with Crippen LogP contribution in [0.15, 0.2) is 71.8 Å². The number of carbonyl (C=O) groups excluding carboxylic acids is 1. The van der Waals surface area contributed by atoms with Crippen LogP contribution in [-0.4, -0.2) is 43.8 Å². The molecule has 0 unspecified atom stereocenters. The number of halogens is 1. The van der Waals surface area contributed by atoms with Gasteiger partial charge >= 0.3 is 0 Å². The van der Waals surface area contributed by atoms with Crippen LogP contribution in [-0.2, 0) is 6.42 Å². The van der Waals surface area contributed by atoms with Crippen LogP contribution in [0.3, 0.4) is 0 Å². The third kappa shape index (κ3) is 4.93. The Labute approximate surface area is 196 Å². The van der Waals surface area contributed by atoms with Crippen LogP contribution < -0.4 is 0 Å². The minimum atomic E-state index is -0.0913. The predicted octanol–water partition coefficient (Wildman–Crippen LogP) is 4.79. The van der Waals surface area contributed by atoms with Gasteiger partial charge in [-0.3, -0.25) is 4.79 Å². The molecule has 1 atom stereocenters. The summed E-state index contributed by atoms with van der Waals surface area (Å²) in [5.41, 5.74) is 2.97. The zero-order valence-corrected chi connectivity index (χ0v) is 18.7. The van der Waals surface area contributed by atoms with Crippen molar-refractivity contribution in [2.24, 2.45) is 0 Å². The molecule has 1 saturated heterocycles. The smallest absolute Gasteiger partial charge is 0.272 e. The fourth-order valence-electron chi connectivity index (χ4n) is 4.07. The van der Waals surface area contributed by atoms with Gasteiger partial charge in [0.25, 0.3) is 5.91 Å². The molecule has 5 rings (SSSR count). The molecule has 0 N–H and O–H groups in total. The first-order valence-corrected chi connectivity index (χ1v) is 11.2. The van der Waals surface area contributed by atoms with Crippen LogP contribution in [0.4, 0.5) is 0 Å². The maximum Gasteiger partial charge on any atom is 0.272 e. The molecule has 0 radical (unpaired) electrons. The number of carbonyl (C=O) groups is 1. The molecule has 1 aliphatic rings. The number of benzene rings is 1. The average Bonchev–Trinajstić information content (AvgIpc) is 3.34. The van der Waals surface area contributed by atoms with Crippen LogP contribution in [0.2, 0.25) is 5.02 Å². The van der Waals surface area contributed by atoms with Gasteiger partial charge in [-0.25, -0.2) is 19.9 Å². The summed E-state index contributed by atoms with van der Waals surface area (Å²) < 4.78 is 6.06. The number of amides is 1. The van der Waals surface area contributed by atoms with Gasteiger partial charge in [0.1, 0.15) is 17.8 Å². The minimum Gasteiger partial charge on any atom is -0.445 e. The van der Waals surface area contributed by atoms with E-state index in [4.69, 9.17) is 16.0 Å². The number of hydrogen-bond acceptors (Lipinski definition) is 6. The van der Waals surface area contributed by atoms with Crippen LogP contribution >= 0.6 is 11.6 Å². The molecule has 1 aliphatic heterocycles. The van der Waals surface area contributed by atoms with E-state index in [-0.39, 0.29) is 11.8 Å². The van der Waals surface area contributed by atoms with E-state index in [1.54, 1.807) is 24.7 Å². The summed E-state index contributed by atoms with van der Waals surface area (Å²) in [7, 11) is 0.